The van der Waals surface area contributed by atoms with Gasteiger partial charge in [-0.2, -0.15) is 0 Å². The number of ether oxygens (including phenoxy) is 2. The molecule has 0 fully saturated rings. The highest BCUT2D eigenvalue weighted by Gasteiger charge is 2.09. The van der Waals surface area contributed by atoms with Crippen molar-refractivity contribution in [1.29, 1.82) is 0 Å². The minimum absolute atomic E-state index is 0.103. The number of anilines is 2. The molecule has 0 radical (unpaired) electrons. The lowest BCUT2D eigenvalue weighted by atomic mass is 10.2. The first kappa shape index (κ1) is 20.5. The Bertz CT molecular complexity index is 783. The van der Waals surface area contributed by atoms with E-state index in [4.69, 9.17) is 9.47 Å². The summed E-state index contributed by atoms with van der Waals surface area (Å²) >= 11 is 1.50. The third kappa shape index (κ3) is 6.78. The molecule has 0 aliphatic carbocycles. The van der Waals surface area contributed by atoms with Crippen molar-refractivity contribution in [3.8, 4) is 11.5 Å². The molecule has 144 valence electrons. The molecule has 2 rings (SSSR count). The monoisotopic (exact) mass is 390 g/mol. The van der Waals surface area contributed by atoms with Gasteiger partial charge in [0, 0.05) is 25.2 Å². The maximum absolute atomic E-state index is 12.2. The minimum Gasteiger partial charge on any atom is -0.497 e. The van der Waals surface area contributed by atoms with Gasteiger partial charge in [0.15, 0.2) is 5.82 Å². The highest BCUT2D eigenvalue weighted by atomic mass is 32.2. The quantitative estimate of drug-likeness (QED) is 0.501. The Morgan fingerprint density at radius 3 is 2.52 bits per heavy atom. The van der Waals surface area contributed by atoms with Gasteiger partial charge < -0.3 is 20.1 Å². The standard InChI is InChI=1S/C18H22N4O4S/c1-12(23)19-16-8-9-18(22-21-16)27-10-4-5-17(24)20-14-11-13(25-2)6-7-15(14)26-3/h6-9,11H,4-5,10H2,1-3H3,(H,20,24)(H,19,21,23). The van der Waals surface area contributed by atoms with E-state index in [-0.39, 0.29) is 11.8 Å². The van der Waals surface area contributed by atoms with E-state index in [1.807, 2.05) is 0 Å². The summed E-state index contributed by atoms with van der Waals surface area (Å²) in [5.41, 5.74) is 0.578. The molecule has 2 amide bonds. The van der Waals surface area contributed by atoms with Crippen LogP contribution in [0.25, 0.3) is 0 Å². The van der Waals surface area contributed by atoms with Gasteiger partial charge in [0.05, 0.1) is 19.9 Å². The van der Waals surface area contributed by atoms with E-state index in [1.165, 1.54) is 18.7 Å². The molecule has 0 atom stereocenters. The van der Waals surface area contributed by atoms with Gasteiger partial charge in [0.1, 0.15) is 16.5 Å². The highest BCUT2D eigenvalue weighted by molar-refractivity contribution is 7.99. The van der Waals surface area contributed by atoms with Crippen molar-refractivity contribution >= 4 is 35.1 Å². The Kier molecular flexibility index (Phi) is 7.87. The van der Waals surface area contributed by atoms with Crippen molar-refractivity contribution in [2.75, 3.05) is 30.6 Å². The van der Waals surface area contributed by atoms with Gasteiger partial charge in [-0.25, -0.2) is 0 Å². The third-order valence-electron chi connectivity index (χ3n) is 3.42. The van der Waals surface area contributed by atoms with Gasteiger partial charge >= 0.3 is 0 Å². The van der Waals surface area contributed by atoms with Gasteiger partial charge in [0.2, 0.25) is 11.8 Å². The lowest BCUT2D eigenvalue weighted by molar-refractivity contribution is -0.116. The first-order chi connectivity index (χ1) is 13.0. The van der Waals surface area contributed by atoms with Crippen LogP contribution in [0, 0.1) is 0 Å². The molecule has 1 aromatic heterocycles. The zero-order chi connectivity index (χ0) is 19.6. The summed E-state index contributed by atoms with van der Waals surface area (Å²) in [6, 6.07) is 8.71. The second-order valence-electron chi connectivity index (χ2n) is 5.50. The van der Waals surface area contributed by atoms with Crippen molar-refractivity contribution in [1.82, 2.24) is 10.2 Å². The third-order valence-corrected chi connectivity index (χ3v) is 4.43. The zero-order valence-electron chi connectivity index (χ0n) is 15.4. The molecule has 0 saturated carbocycles. The number of benzene rings is 1. The number of aromatic nitrogens is 2. The second kappa shape index (κ2) is 10.4. The van der Waals surface area contributed by atoms with E-state index in [9.17, 15) is 9.59 Å². The SMILES string of the molecule is COc1ccc(OC)c(NC(=O)CCCSc2ccc(NC(C)=O)nn2)c1. The number of carbonyl (C=O) groups is 2. The summed E-state index contributed by atoms with van der Waals surface area (Å²) in [5, 5.41) is 14.1. The molecule has 2 aromatic rings. The lowest BCUT2D eigenvalue weighted by Crippen LogP contribution is -2.12. The molecule has 1 aromatic carbocycles. The molecule has 2 N–H and O–H groups in total. The fourth-order valence-corrected chi connectivity index (χ4v) is 2.94. The number of nitrogens with one attached hydrogen (secondary N) is 2. The van der Waals surface area contributed by atoms with Crippen molar-refractivity contribution < 1.29 is 19.1 Å². The van der Waals surface area contributed by atoms with Gasteiger partial charge in [-0.1, -0.05) is 0 Å². The molecular weight excluding hydrogens is 368 g/mol. The van der Waals surface area contributed by atoms with Crippen molar-refractivity contribution in [3.63, 3.8) is 0 Å². The van der Waals surface area contributed by atoms with E-state index >= 15 is 0 Å². The van der Waals surface area contributed by atoms with Crippen LogP contribution in [-0.2, 0) is 9.59 Å². The van der Waals surface area contributed by atoms with Crippen molar-refractivity contribution in [2.24, 2.45) is 0 Å². The molecule has 0 saturated heterocycles. The van der Waals surface area contributed by atoms with Crippen LogP contribution in [0.4, 0.5) is 11.5 Å². The number of hydrogen-bond acceptors (Lipinski definition) is 7. The Morgan fingerprint density at radius 2 is 1.89 bits per heavy atom. The van der Waals surface area contributed by atoms with Crippen LogP contribution in [-0.4, -0.2) is 42.0 Å². The second-order valence-corrected chi connectivity index (χ2v) is 6.62. The minimum atomic E-state index is -0.191. The molecule has 8 nitrogen and oxygen atoms in total. The first-order valence-electron chi connectivity index (χ1n) is 8.28. The fourth-order valence-electron chi connectivity index (χ4n) is 2.18. The summed E-state index contributed by atoms with van der Waals surface area (Å²) in [4.78, 5) is 23.1. The molecule has 1 heterocycles. The van der Waals surface area contributed by atoms with Gasteiger partial charge in [-0.05, 0) is 30.7 Å². The normalized spacial score (nSPS) is 10.2. The predicted molar refractivity (Wildman–Crippen MR) is 104 cm³/mol. The largest absolute Gasteiger partial charge is 0.497 e. The maximum atomic E-state index is 12.2. The summed E-state index contributed by atoms with van der Waals surface area (Å²) in [6.45, 7) is 1.41. The number of nitrogens with zero attached hydrogens (tertiary/aromatic N) is 2. The lowest BCUT2D eigenvalue weighted by Gasteiger charge is -2.11. The molecule has 9 heteroatoms. The molecule has 0 unspecified atom stereocenters. The van der Waals surface area contributed by atoms with E-state index in [2.05, 4.69) is 20.8 Å². The van der Waals surface area contributed by atoms with Gasteiger partial charge in [-0.3, -0.25) is 9.59 Å². The number of thioether (sulfide) groups is 1. The topological polar surface area (TPSA) is 102 Å². The van der Waals surface area contributed by atoms with Crippen LogP contribution in [0.5, 0.6) is 11.5 Å². The van der Waals surface area contributed by atoms with Gasteiger partial charge in [0.25, 0.3) is 0 Å². The average Bonchev–Trinajstić information content (AvgIpc) is 2.66. The molecule has 0 bridgehead atoms. The van der Waals surface area contributed by atoms with E-state index in [0.717, 1.165) is 10.8 Å². The summed E-state index contributed by atoms with van der Waals surface area (Å²) < 4.78 is 10.4. The van der Waals surface area contributed by atoms with Crippen molar-refractivity contribution in [2.45, 2.75) is 24.8 Å². The van der Waals surface area contributed by atoms with Crippen LogP contribution in [0.2, 0.25) is 0 Å². The molecule has 0 aliphatic rings. The first-order valence-corrected chi connectivity index (χ1v) is 9.26. The van der Waals surface area contributed by atoms with Crippen LogP contribution in [0.3, 0.4) is 0 Å². The average molecular weight is 390 g/mol. The Labute approximate surface area is 162 Å². The Morgan fingerprint density at radius 1 is 1.07 bits per heavy atom. The molecule has 0 spiro atoms. The van der Waals surface area contributed by atoms with E-state index in [1.54, 1.807) is 44.6 Å². The number of methoxy groups -OCH3 is 2. The molecular formula is C18H22N4O4S. The van der Waals surface area contributed by atoms with Gasteiger partial charge in [-0.15, -0.1) is 22.0 Å². The smallest absolute Gasteiger partial charge is 0.224 e. The molecule has 27 heavy (non-hydrogen) atoms. The zero-order valence-corrected chi connectivity index (χ0v) is 16.3. The fraction of sp³-hybridized carbons (Fsp3) is 0.333. The number of rotatable bonds is 9. The Balaban J connectivity index is 1.77. The van der Waals surface area contributed by atoms with E-state index < -0.39 is 0 Å². The number of amides is 2. The van der Waals surface area contributed by atoms with E-state index in [0.29, 0.717) is 35.8 Å². The Hall–Kier alpha value is -2.81. The number of hydrogen-bond donors (Lipinski definition) is 2. The number of carbonyl (C=O) groups excluding carboxylic acids is 2. The summed E-state index contributed by atoms with van der Waals surface area (Å²) in [7, 11) is 3.11. The summed E-state index contributed by atoms with van der Waals surface area (Å²) in [5.74, 6) is 2.06. The summed E-state index contributed by atoms with van der Waals surface area (Å²) in [6.07, 6.45) is 1.04. The highest BCUT2D eigenvalue weighted by Crippen LogP contribution is 2.29. The predicted octanol–water partition coefficient (Wildman–Crippen LogP) is 2.96. The van der Waals surface area contributed by atoms with Crippen LogP contribution < -0.4 is 20.1 Å². The van der Waals surface area contributed by atoms with Crippen LogP contribution in [0.1, 0.15) is 19.8 Å². The maximum Gasteiger partial charge on any atom is 0.224 e. The molecule has 0 aliphatic heterocycles. The van der Waals surface area contributed by atoms with Crippen molar-refractivity contribution in [3.05, 3.63) is 30.3 Å². The van der Waals surface area contributed by atoms with Crippen LogP contribution >= 0.6 is 11.8 Å². The van der Waals surface area contributed by atoms with Crippen LogP contribution in [0.15, 0.2) is 35.4 Å².